The summed E-state index contributed by atoms with van der Waals surface area (Å²) in [5, 5.41) is 9.47. The summed E-state index contributed by atoms with van der Waals surface area (Å²) in [7, 11) is 1.10. The number of esters is 1. The highest BCUT2D eigenvalue weighted by atomic mass is 19.4. The Bertz CT molecular complexity index is 1020. The zero-order valence-corrected chi connectivity index (χ0v) is 13.8. The van der Waals surface area contributed by atoms with E-state index in [0.717, 1.165) is 31.4 Å². The van der Waals surface area contributed by atoms with Gasteiger partial charge in [-0.25, -0.2) is 9.59 Å². The van der Waals surface area contributed by atoms with E-state index in [1.165, 1.54) is 12.1 Å². The SMILES string of the molecule is COC(=O)c1c(C(=O)O)[nH]c2cccc(Oc3ccc(C(F)(F)F)cc3)c12. The Kier molecular flexibility index (Phi) is 4.52. The van der Waals surface area contributed by atoms with Crippen molar-refractivity contribution in [2.24, 2.45) is 0 Å². The van der Waals surface area contributed by atoms with Crippen LogP contribution in [0.5, 0.6) is 11.5 Å². The predicted molar refractivity (Wildman–Crippen MR) is 88.1 cm³/mol. The lowest BCUT2D eigenvalue weighted by atomic mass is 10.1. The van der Waals surface area contributed by atoms with Crippen LogP contribution in [0.15, 0.2) is 42.5 Å². The average Bonchev–Trinajstić information content (AvgIpc) is 3.02. The number of carbonyl (C=O) groups is 2. The molecule has 1 heterocycles. The normalized spacial score (nSPS) is 11.4. The quantitative estimate of drug-likeness (QED) is 0.653. The van der Waals surface area contributed by atoms with Gasteiger partial charge in [-0.05, 0) is 36.4 Å². The van der Waals surface area contributed by atoms with Crippen LogP contribution < -0.4 is 4.74 Å². The van der Waals surface area contributed by atoms with Crippen molar-refractivity contribution in [2.45, 2.75) is 6.18 Å². The zero-order chi connectivity index (χ0) is 19.8. The van der Waals surface area contributed by atoms with Crippen LogP contribution in [0.25, 0.3) is 10.9 Å². The number of aromatic carboxylic acids is 1. The molecule has 0 saturated heterocycles. The number of carboxylic acid groups (broad SMARTS) is 1. The maximum atomic E-state index is 12.7. The van der Waals surface area contributed by atoms with Crippen LogP contribution in [0.1, 0.15) is 26.4 Å². The van der Waals surface area contributed by atoms with E-state index < -0.39 is 23.7 Å². The van der Waals surface area contributed by atoms with Crippen LogP contribution in [0.2, 0.25) is 0 Å². The molecule has 3 aromatic rings. The minimum atomic E-state index is -4.48. The summed E-state index contributed by atoms with van der Waals surface area (Å²) in [4.78, 5) is 26.1. The van der Waals surface area contributed by atoms with Crippen LogP contribution in [0.4, 0.5) is 13.2 Å². The van der Waals surface area contributed by atoms with Crippen molar-refractivity contribution in [1.82, 2.24) is 4.98 Å². The second kappa shape index (κ2) is 6.67. The van der Waals surface area contributed by atoms with Gasteiger partial charge < -0.3 is 19.6 Å². The molecule has 0 spiro atoms. The highest BCUT2D eigenvalue weighted by Crippen LogP contribution is 2.36. The zero-order valence-electron chi connectivity index (χ0n) is 13.8. The Balaban J connectivity index is 2.09. The molecule has 0 bridgehead atoms. The van der Waals surface area contributed by atoms with Gasteiger partial charge in [0.05, 0.1) is 23.6 Å². The molecule has 0 unspecified atom stereocenters. The van der Waals surface area contributed by atoms with E-state index in [0.29, 0.717) is 5.52 Å². The molecular weight excluding hydrogens is 367 g/mol. The summed E-state index contributed by atoms with van der Waals surface area (Å²) in [5.74, 6) is -2.07. The van der Waals surface area contributed by atoms with Crippen molar-refractivity contribution in [3.8, 4) is 11.5 Å². The fourth-order valence-electron chi connectivity index (χ4n) is 2.61. The topological polar surface area (TPSA) is 88.6 Å². The maximum Gasteiger partial charge on any atom is 0.416 e. The molecule has 0 aliphatic rings. The lowest BCUT2D eigenvalue weighted by Crippen LogP contribution is -2.09. The summed E-state index contributed by atoms with van der Waals surface area (Å²) in [6, 6.07) is 8.52. The van der Waals surface area contributed by atoms with Crippen LogP contribution in [-0.2, 0) is 10.9 Å². The predicted octanol–water partition coefficient (Wildman–Crippen LogP) is 4.46. The molecular formula is C18H12F3NO5. The first-order valence-electron chi connectivity index (χ1n) is 7.53. The van der Waals surface area contributed by atoms with Crippen LogP contribution in [0, 0.1) is 0 Å². The van der Waals surface area contributed by atoms with Crippen LogP contribution >= 0.6 is 0 Å². The second-order valence-corrected chi connectivity index (χ2v) is 5.47. The Morgan fingerprint density at radius 1 is 1.07 bits per heavy atom. The smallest absolute Gasteiger partial charge is 0.416 e. The van der Waals surface area contributed by atoms with Gasteiger partial charge in [0.1, 0.15) is 22.8 Å². The number of carboxylic acids is 1. The standard InChI is InChI=1S/C18H12F3NO5/c1-26-17(25)14-13-11(22-15(14)16(23)24)3-2-4-12(13)27-10-7-5-9(6-8-10)18(19,20)21/h2-8,22H,1H3,(H,23,24). The third kappa shape index (κ3) is 3.43. The highest BCUT2D eigenvalue weighted by Gasteiger charge is 2.30. The van der Waals surface area contributed by atoms with Gasteiger partial charge in [-0.1, -0.05) is 6.07 Å². The molecule has 0 aliphatic carbocycles. The number of rotatable bonds is 4. The Morgan fingerprint density at radius 2 is 1.74 bits per heavy atom. The maximum absolute atomic E-state index is 12.7. The number of ether oxygens (including phenoxy) is 2. The Labute approximate surface area is 150 Å². The summed E-state index contributed by atoms with van der Waals surface area (Å²) in [6.45, 7) is 0. The molecule has 140 valence electrons. The third-order valence-electron chi connectivity index (χ3n) is 3.80. The molecule has 0 radical (unpaired) electrons. The fourth-order valence-corrected chi connectivity index (χ4v) is 2.61. The van der Waals surface area contributed by atoms with E-state index in [9.17, 15) is 27.9 Å². The van der Waals surface area contributed by atoms with E-state index in [2.05, 4.69) is 9.72 Å². The number of hydrogen-bond acceptors (Lipinski definition) is 4. The van der Waals surface area contributed by atoms with Gasteiger partial charge in [0.2, 0.25) is 0 Å². The number of alkyl halides is 3. The van der Waals surface area contributed by atoms with Gasteiger partial charge in [0.15, 0.2) is 0 Å². The van der Waals surface area contributed by atoms with Crippen molar-refractivity contribution < 1.29 is 37.3 Å². The number of aromatic amines is 1. The van der Waals surface area contributed by atoms with Crippen molar-refractivity contribution in [3.63, 3.8) is 0 Å². The largest absolute Gasteiger partial charge is 0.477 e. The fraction of sp³-hybridized carbons (Fsp3) is 0.111. The minimum absolute atomic E-state index is 0.0874. The summed E-state index contributed by atoms with van der Waals surface area (Å²) in [5.41, 5.74) is -1.14. The number of H-pyrrole nitrogens is 1. The number of methoxy groups -OCH3 is 1. The van der Waals surface area contributed by atoms with Crippen molar-refractivity contribution >= 4 is 22.8 Å². The lowest BCUT2D eigenvalue weighted by molar-refractivity contribution is -0.137. The Hall–Kier alpha value is -3.49. The minimum Gasteiger partial charge on any atom is -0.477 e. The molecule has 3 rings (SSSR count). The summed E-state index contributed by atoms with van der Waals surface area (Å²) < 4.78 is 48.2. The first-order valence-corrected chi connectivity index (χ1v) is 7.53. The number of hydrogen-bond donors (Lipinski definition) is 2. The molecule has 2 aromatic carbocycles. The molecule has 27 heavy (non-hydrogen) atoms. The van der Waals surface area contributed by atoms with Gasteiger partial charge in [-0.2, -0.15) is 13.2 Å². The van der Waals surface area contributed by atoms with E-state index in [-0.39, 0.29) is 28.1 Å². The van der Waals surface area contributed by atoms with E-state index >= 15 is 0 Å². The summed E-state index contributed by atoms with van der Waals surface area (Å²) >= 11 is 0. The number of benzene rings is 2. The number of fused-ring (bicyclic) bond motifs is 1. The van der Waals surface area contributed by atoms with Crippen molar-refractivity contribution in [2.75, 3.05) is 7.11 Å². The summed E-state index contributed by atoms with van der Waals surface area (Å²) in [6.07, 6.45) is -4.48. The Morgan fingerprint density at radius 3 is 2.30 bits per heavy atom. The number of nitrogens with one attached hydrogen (secondary N) is 1. The first kappa shape index (κ1) is 18.3. The first-order chi connectivity index (χ1) is 12.7. The molecule has 1 aromatic heterocycles. The monoisotopic (exact) mass is 379 g/mol. The van der Waals surface area contributed by atoms with Crippen molar-refractivity contribution in [1.29, 1.82) is 0 Å². The van der Waals surface area contributed by atoms with Gasteiger partial charge >= 0.3 is 18.1 Å². The molecule has 6 nitrogen and oxygen atoms in total. The molecule has 0 aliphatic heterocycles. The molecule has 0 atom stereocenters. The van der Waals surface area contributed by atoms with Gasteiger partial charge in [-0.15, -0.1) is 0 Å². The second-order valence-electron chi connectivity index (χ2n) is 5.47. The van der Waals surface area contributed by atoms with Gasteiger partial charge in [0.25, 0.3) is 0 Å². The number of carbonyl (C=O) groups excluding carboxylic acids is 1. The highest BCUT2D eigenvalue weighted by molar-refractivity contribution is 6.14. The van der Waals surface area contributed by atoms with Crippen molar-refractivity contribution in [3.05, 3.63) is 59.3 Å². The lowest BCUT2D eigenvalue weighted by Gasteiger charge is -2.10. The van der Waals surface area contributed by atoms with Gasteiger partial charge in [-0.3, -0.25) is 0 Å². The molecule has 0 amide bonds. The van der Waals surface area contributed by atoms with E-state index in [1.807, 2.05) is 0 Å². The molecule has 0 saturated carbocycles. The van der Waals surface area contributed by atoms with Crippen LogP contribution in [-0.4, -0.2) is 29.1 Å². The number of halogens is 3. The van der Waals surface area contributed by atoms with Crippen LogP contribution in [0.3, 0.4) is 0 Å². The third-order valence-corrected chi connectivity index (χ3v) is 3.80. The van der Waals surface area contributed by atoms with E-state index in [1.54, 1.807) is 6.07 Å². The molecule has 2 N–H and O–H groups in total. The average molecular weight is 379 g/mol. The molecule has 9 heteroatoms. The van der Waals surface area contributed by atoms with E-state index in [4.69, 9.17) is 4.74 Å². The number of aromatic nitrogens is 1. The van der Waals surface area contributed by atoms with Gasteiger partial charge in [0, 0.05) is 0 Å². The molecule has 0 fully saturated rings.